The molecule has 0 bridgehead atoms. The third-order valence-corrected chi connectivity index (χ3v) is 4.38. The third kappa shape index (κ3) is 4.84. The average molecular weight is 370 g/mol. The Kier molecular flexibility index (Phi) is 6.55. The number of nitrogens with one attached hydrogen (secondary N) is 1. The second-order valence-electron chi connectivity index (χ2n) is 6.60. The maximum atomic E-state index is 12.7. The highest BCUT2D eigenvalue weighted by Crippen LogP contribution is 2.27. The number of anilines is 1. The summed E-state index contributed by atoms with van der Waals surface area (Å²) in [6.45, 7) is 9.51. The molecular weight excluding hydrogens is 344 g/mol. The van der Waals surface area contributed by atoms with E-state index in [0.717, 1.165) is 24.4 Å². The van der Waals surface area contributed by atoms with Crippen LogP contribution in [0, 0.1) is 13.8 Å². The van der Waals surface area contributed by atoms with Gasteiger partial charge in [0.15, 0.2) is 12.4 Å². The van der Waals surface area contributed by atoms with E-state index in [0.29, 0.717) is 22.6 Å². The van der Waals surface area contributed by atoms with Crippen LogP contribution in [0.3, 0.4) is 0 Å². The Balaban J connectivity index is 2.23. The summed E-state index contributed by atoms with van der Waals surface area (Å²) in [6, 6.07) is 6.63. The van der Waals surface area contributed by atoms with Gasteiger partial charge >= 0.3 is 0 Å². The van der Waals surface area contributed by atoms with Crippen LogP contribution in [0.25, 0.3) is 0 Å². The smallest absolute Gasteiger partial charge is 0.221 e. The molecule has 27 heavy (non-hydrogen) atoms. The fourth-order valence-corrected chi connectivity index (χ4v) is 3.03. The molecule has 0 atom stereocenters. The Hall–Kier alpha value is -2.89. The predicted molar refractivity (Wildman–Crippen MR) is 105 cm³/mol. The standard InChI is InChI=1S/C21H26N2O4/c1-6-9-23-13(2)10-18(14(23)3)20(26)12-27-21-11-17(15(4)24)7-8-19(21)22-16(5)25/h7-8,10-11H,6,9,12H2,1-5H3,(H,22,25). The first-order valence-electron chi connectivity index (χ1n) is 8.99. The fraction of sp³-hybridized carbons (Fsp3) is 0.381. The van der Waals surface area contributed by atoms with Crippen LogP contribution in [-0.2, 0) is 11.3 Å². The summed E-state index contributed by atoms with van der Waals surface area (Å²) in [5.74, 6) is -0.227. The number of aryl methyl sites for hydroxylation is 1. The molecule has 1 amide bonds. The summed E-state index contributed by atoms with van der Waals surface area (Å²) in [7, 11) is 0. The second kappa shape index (κ2) is 8.66. The van der Waals surface area contributed by atoms with Crippen molar-refractivity contribution in [3.63, 3.8) is 0 Å². The zero-order valence-electron chi connectivity index (χ0n) is 16.5. The lowest BCUT2D eigenvalue weighted by Crippen LogP contribution is -2.15. The minimum Gasteiger partial charge on any atom is -0.483 e. The van der Waals surface area contributed by atoms with Gasteiger partial charge in [0.1, 0.15) is 5.75 Å². The highest BCUT2D eigenvalue weighted by Gasteiger charge is 2.17. The topological polar surface area (TPSA) is 77.4 Å². The number of hydrogen-bond acceptors (Lipinski definition) is 4. The van der Waals surface area contributed by atoms with E-state index in [1.165, 1.54) is 13.8 Å². The van der Waals surface area contributed by atoms with Crippen molar-refractivity contribution >= 4 is 23.2 Å². The number of hydrogen-bond donors (Lipinski definition) is 1. The van der Waals surface area contributed by atoms with Crippen molar-refractivity contribution in [2.24, 2.45) is 0 Å². The van der Waals surface area contributed by atoms with E-state index < -0.39 is 0 Å². The number of rotatable bonds is 8. The average Bonchev–Trinajstić information content (AvgIpc) is 2.88. The highest BCUT2D eigenvalue weighted by atomic mass is 16.5. The molecule has 1 aromatic carbocycles. The normalized spacial score (nSPS) is 10.6. The Labute approximate surface area is 159 Å². The molecule has 0 aliphatic heterocycles. The summed E-state index contributed by atoms with van der Waals surface area (Å²) in [6.07, 6.45) is 0.985. The molecule has 1 heterocycles. The first-order valence-corrected chi connectivity index (χ1v) is 8.99. The quantitative estimate of drug-likeness (QED) is 0.714. The lowest BCUT2D eigenvalue weighted by molar-refractivity contribution is -0.114. The number of aromatic nitrogens is 1. The molecule has 0 saturated carbocycles. The van der Waals surface area contributed by atoms with Gasteiger partial charge in [0.05, 0.1) is 5.69 Å². The largest absolute Gasteiger partial charge is 0.483 e. The molecule has 0 radical (unpaired) electrons. The van der Waals surface area contributed by atoms with Gasteiger partial charge in [0, 0.05) is 36.0 Å². The lowest BCUT2D eigenvalue weighted by atomic mass is 10.1. The van der Waals surface area contributed by atoms with E-state index in [9.17, 15) is 14.4 Å². The van der Waals surface area contributed by atoms with Crippen molar-refractivity contribution in [3.8, 4) is 5.75 Å². The Morgan fingerprint density at radius 1 is 1.11 bits per heavy atom. The van der Waals surface area contributed by atoms with Crippen LogP contribution in [0.1, 0.15) is 59.3 Å². The Bertz CT molecular complexity index is 881. The minimum atomic E-state index is -0.259. The van der Waals surface area contributed by atoms with Gasteiger partial charge in [0.25, 0.3) is 0 Å². The predicted octanol–water partition coefficient (Wildman–Crippen LogP) is 3.94. The molecule has 0 aliphatic carbocycles. The molecule has 0 aliphatic rings. The Morgan fingerprint density at radius 2 is 1.81 bits per heavy atom. The molecule has 6 heteroatoms. The summed E-state index contributed by atoms with van der Waals surface area (Å²) < 4.78 is 7.80. The molecule has 2 aromatic rings. The molecule has 0 unspecified atom stereocenters. The van der Waals surface area contributed by atoms with Gasteiger partial charge in [-0.2, -0.15) is 0 Å². The molecule has 1 aromatic heterocycles. The maximum absolute atomic E-state index is 12.7. The summed E-state index contributed by atoms with van der Waals surface area (Å²) in [5, 5.41) is 2.65. The number of carbonyl (C=O) groups is 3. The van der Waals surface area contributed by atoms with Crippen LogP contribution in [0.5, 0.6) is 5.75 Å². The van der Waals surface area contributed by atoms with Crippen molar-refractivity contribution in [3.05, 3.63) is 46.8 Å². The van der Waals surface area contributed by atoms with Crippen LogP contribution in [0.15, 0.2) is 24.3 Å². The second-order valence-corrected chi connectivity index (χ2v) is 6.60. The zero-order valence-corrected chi connectivity index (χ0v) is 16.5. The van der Waals surface area contributed by atoms with Crippen molar-refractivity contribution in [2.45, 2.75) is 47.6 Å². The van der Waals surface area contributed by atoms with Crippen molar-refractivity contribution < 1.29 is 19.1 Å². The number of nitrogens with zero attached hydrogens (tertiary/aromatic N) is 1. The van der Waals surface area contributed by atoms with E-state index in [4.69, 9.17) is 4.74 Å². The number of ether oxygens (including phenoxy) is 1. The van der Waals surface area contributed by atoms with Crippen LogP contribution in [-0.4, -0.2) is 28.6 Å². The number of carbonyl (C=O) groups excluding carboxylic acids is 3. The molecule has 144 valence electrons. The number of ketones is 2. The monoisotopic (exact) mass is 370 g/mol. The minimum absolute atomic E-state index is 0.122. The molecule has 0 fully saturated rings. The van der Waals surface area contributed by atoms with Gasteiger partial charge in [-0.1, -0.05) is 6.92 Å². The molecule has 1 N–H and O–H groups in total. The number of amides is 1. The van der Waals surface area contributed by atoms with Crippen molar-refractivity contribution in [1.82, 2.24) is 4.57 Å². The van der Waals surface area contributed by atoms with E-state index in [2.05, 4.69) is 16.8 Å². The highest BCUT2D eigenvalue weighted by molar-refractivity contribution is 5.99. The van der Waals surface area contributed by atoms with Crippen LogP contribution in [0.4, 0.5) is 5.69 Å². The van der Waals surface area contributed by atoms with Gasteiger partial charge in [-0.3, -0.25) is 14.4 Å². The van der Waals surface area contributed by atoms with Crippen molar-refractivity contribution in [1.29, 1.82) is 0 Å². The SMILES string of the molecule is CCCn1c(C)cc(C(=O)COc2cc(C(C)=O)ccc2NC(C)=O)c1C. The van der Waals surface area contributed by atoms with Gasteiger partial charge in [-0.05, 0) is 51.5 Å². The molecule has 0 spiro atoms. The lowest BCUT2D eigenvalue weighted by Gasteiger charge is -2.13. The molecule has 2 rings (SSSR count). The molecule has 6 nitrogen and oxygen atoms in total. The maximum Gasteiger partial charge on any atom is 0.221 e. The molecular formula is C21H26N2O4. The van der Waals surface area contributed by atoms with Crippen LogP contribution >= 0.6 is 0 Å². The number of benzene rings is 1. The van der Waals surface area contributed by atoms with Gasteiger partial charge < -0.3 is 14.6 Å². The first kappa shape index (κ1) is 20.4. The van der Waals surface area contributed by atoms with E-state index in [1.54, 1.807) is 18.2 Å². The van der Waals surface area contributed by atoms with Gasteiger partial charge in [-0.25, -0.2) is 0 Å². The number of Topliss-reactive ketones (excluding diaryl/α,β-unsaturated/α-hetero) is 2. The van der Waals surface area contributed by atoms with Gasteiger partial charge in [0.2, 0.25) is 11.7 Å². The van der Waals surface area contributed by atoms with E-state index >= 15 is 0 Å². The summed E-state index contributed by atoms with van der Waals surface area (Å²) >= 11 is 0. The van der Waals surface area contributed by atoms with Crippen molar-refractivity contribution in [2.75, 3.05) is 11.9 Å². The summed E-state index contributed by atoms with van der Waals surface area (Å²) in [4.78, 5) is 35.7. The van der Waals surface area contributed by atoms with Crippen LogP contribution < -0.4 is 10.1 Å². The van der Waals surface area contributed by atoms with E-state index in [-0.39, 0.29) is 24.1 Å². The Morgan fingerprint density at radius 3 is 2.41 bits per heavy atom. The summed E-state index contributed by atoms with van der Waals surface area (Å²) in [5.41, 5.74) is 3.46. The molecule has 0 saturated heterocycles. The van der Waals surface area contributed by atoms with Crippen LogP contribution in [0.2, 0.25) is 0 Å². The fourth-order valence-electron chi connectivity index (χ4n) is 3.03. The third-order valence-electron chi connectivity index (χ3n) is 4.38. The van der Waals surface area contributed by atoms with E-state index in [1.807, 2.05) is 19.9 Å². The van der Waals surface area contributed by atoms with Gasteiger partial charge in [-0.15, -0.1) is 0 Å². The zero-order chi connectivity index (χ0) is 20.1. The first-order chi connectivity index (χ1) is 12.7.